The Morgan fingerprint density at radius 2 is 2.05 bits per heavy atom. The van der Waals surface area contributed by atoms with E-state index in [1.165, 1.54) is 0 Å². The second kappa shape index (κ2) is 6.56. The Kier molecular flexibility index (Phi) is 5.32. The van der Waals surface area contributed by atoms with E-state index >= 15 is 0 Å². The first-order valence-electron chi connectivity index (χ1n) is 6.02. The minimum absolute atomic E-state index is 0.0923. The zero-order valence-electron chi connectivity index (χ0n) is 10.9. The van der Waals surface area contributed by atoms with Crippen LogP contribution in [0.15, 0.2) is 18.2 Å². The molecule has 20 heavy (non-hydrogen) atoms. The van der Waals surface area contributed by atoms with Crippen LogP contribution in [0.4, 0.5) is 24.5 Å². The number of nitro benzene ring substituents is 1. The molecular formula is C12H15F3N2O3. The Morgan fingerprint density at radius 3 is 2.50 bits per heavy atom. The molecule has 0 radical (unpaired) electrons. The molecule has 1 aromatic rings. The lowest BCUT2D eigenvalue weighted by Gasteiger charge is -2.23. The number of benzene rings is 1. The maximum absolute atomic E-state index is 12.6. The third kappa shape index (κ3) is 3.83. The highest BCUT2D eigenvalue weighted by Gasteiger charge is 2.33. The van der Waals surface area contributed by atoms with Gasteiger partial charge in [-0.1, -0.05) is 0 Å². The minimum atomic E-state index is -4.62. The molecule has 112 valence electrons. The highest BCUT2D eigenvalue weighted by Crippen LogP contribution is 2.36. The number of halogens is 3. The lowest BCUT2D eigenvalue weighted by molar-refractivity contribution is -0.384. The van der Waals surface area contributed by atoms with Crippen molar-refractivity contribution in [2.75, 3.05) is 24.6 Å². The first-order chi connectivity index (χ1) is 9.31. The van der Waals surface area contributed by atoms with Crippen LogP contribution in [0.2, 0.25) is 0 Å². The molecule has 0 saturated heterocycles. The van der Waals surface area contributed by atoms with Gasteiger partial charge in [0.15, 0.2) is 0 Å². The van der Waals surface area contributed by atoms with Crippen LogP contribution in [-0.2, 0) is 6.18 Å². The summed E-state index contributed by atoms with van der Waals surface area (Å²) in [5.41, 5.74) is -1.51. The van der Waals surface area contributed by atoms with Gasteiger partial charge < -0.3 is 10.0 Å². The van der Waals surface area contributed by atoms with Gasteiger partial charge >= 0.3 is 6.18 Å². The number of nitrogens with zero attached hydrogens (tertiary/aromatic N) is 2. The van der Waals surface area contributed by atoms with E-state index in [0.717, 1.165) is 12.1 Å². The normalized spacial score (nSPS) is 11.4. The van der Waals surface area contributed by atoms with Crippen molar-refractivity contribution in [3.8, 4) is 0 Å². The minimum Gasteiger partial charge on any atom is -0.396 e. The van der Waals surface area contributed by atoms with Crippen molar-refractivity contribution < 1.29 is 23.2 Å². The van der Waals surface area contributed by atoms with Crippen molar-refractivity contribution in [2.45, 2.75) is 19.5 Å². The summed E-state index contributed by atoms with van der Waals surface area (Å²) < 4.78 is 37.7. The van der Waals surface area contributed by atoms with Gasteiger partial charge in [-0.05, 0) is 25.5 Å². The van der Waals surface area contributed by atoms with E-state index in [1.807, 2.05) is 0 Å². The molecule has 0 bridgehead atoms. The third-order valence-corrected chi connectivity index (χ3v) is 2.81. The van der Waals surface area contributed by atoms with Crippen LogP contribution in [0.1, 0.15) is 18.9 Å². The van der Waals surface area contributed by atoms with Crippen molar-refractivity contribution in [1.29, 1.82) is 0 Å². The molecule has 5 nitrogen and oxygen atoms in total. The first kappa shape index (κ1) is 16.2. The topological polar surface area (TPSA) is 66.6 Å². The molecule has 0 aromatic heterocycles. The highest BCUT2D eigenvalue weighted by molar-refractivity contribution is 5.64. The molecule has 0 unspecified atom stereocenters. The molecule has 0 saturated carbocycles. The fourth-order valence-corrected chi connectivity index (χ4v) is 1.82. The van der Waals surface area contributed by atoms with Gasteiger partial charge in [-0.25, -0.2) is 0 Å². The molecule has 0 aliphatic rings. The SMILES string of the molecule is CCN(CCCO)c1ccc(C(F)(F)F)cc1[N+](=O)[O-]. The van der Waals surface area contributed by atoms with Gasteiger partial charge in [-0.3, -0.25) is 10.1 Å². The van der Waals surface area contributed by atoms with Crippen LogP contribution >= 0.6 is 0 Å². The summed E-state index contributed by atoms with van der Waals surface area (Å²) in [6.45, 7) is 2.37. The summed E-state index contributed by atoms with van der Waals surface area (Å²) in [4.78, 5) is 11.7. The van der Waals surface area contributed by atoms with Gasteiger partial charge in [0.1, 0.15) is 5.69 Å². The molecule has 0 aliphatic carbocycles. The Balaban J connectivity index is 3.22. The number of nitro groups is 1. The lowest BCUT2D eigenvalue weighted by atomic mass is 10.1. The number of hydrogen-bond donors (Lipinski definition) is 1. The highest BCUT2D eigenvalue weighted by atomic mass is 19.4. The van der Waals surface area contributed by atoms with Gasteiger partial charge in [0.2, 0.25) is 0 Å². The number of aliphatic hydroxyl groups excluding tert-OH is 1. The molecule has 0 aliphatic heterocycles. The number of aliphatic hydroxyl groups is 1. The summed E-state index contributed by atoms with van der Waals surface area (Å²) in [5, 5.41) is 19.7. The van der Waals surface area contributed by atoms with E-state index in [4.69, 9.17) is 5.11 Å². The van der Waals surface area contributed by atoms with Crippen LogP contribution in [0, 0.1) is 10.1 Å². The molecule has 8 heteroatoms. The van der Waals surface area contributed by atoms with E-state index in [-0.39, 0.29) is 12.3 Å². The molecular weight excluding hydrogens is 277 g/mol. The summed E-state index contributed by atoms with van der Waals surface area (Å²) in [6, 6.07) is 2.46. The van der Waals surface area contributed by atoms with Crippen molar-refractivity contribution in [3.63, 3.8) is 0 Å². The largest absolute Gasteiger partial charge is 0.416 e. The zero-order chi connectivity index (χ0) is 15.3. The number of rotatable bonds is 6. The molecule has 1 N–H and O–H groups in total. The van der Waals surface area contributed by atoms with Crippen LogP contribution in [0.25, 0.3) is 0 Å². The molecule has 0 spiro atoms. The van der Waals surface area contributed by atoms with E-state index < -0.39 is 22.4 Å². The zero-order valence-corrected chi connectivity index (χ0v) is 10.9. The standard InChI is InChI=1S/C12H15F3N2O3/c1-2-16(6-3-7-18)10-5-4-9(12(13,14)15)8-11(10)17(19)20/h4-5,8,18H,2-3,6-7H2,1H3. The molecule has 0 amide bonds. The van der Waals surface area contributed by atoms with Gasteiger partial charge in [0.05, 0.1) is 10.5 Å². The Bertz CT molecular complexity index is 478. The summed E-state index contributed by atoms with van der Waals surface area (Å²) >= 11 is 0. The van der Waals surface area contributed by atoms with Gasteiger partial charge in [0, 0.05) is 25.8 Å². The second-order valence-corrected chi connectivity index (χ2v) is 4.12. The Hall–Kier alpha value is -1.83. The third-order valence-electron chi connectivity index (χ3n) is 2.81. The predicted octanol–water partition coefficient (Wildman–Crippen LogP) is 2.82. The maximum Gasteiger partial charge on any atom is 0.416 e. The van der Waals surface area contributed by atoms with Gasteiger partial charge in [-0.2, -0.15) is 13.2 Å². The number of alkyl halides is 3. The van der Waals surface area contributed by atoms with Crippen LogP contribution in [-0.4, -0.2) is 29.7 Å². The van der Waals surface area contributed by atoms with E-state index in [0.29, 0.717) is 25.6 Å². The van der Waals surface area contributed by atoms with Crippen molar-refractivity contribution in [2.24, 2.45) is 0 Å². The van der Waals surface area contributed by atoms with Gasteiger partial charge in [0.25, 0.3) is 5.69 Å². The molecule has 0 fully saturated rings. The Morgan fingerprint density at radius 1 is 1.40 bits per heavy atom. The maximum atomic E-state index is 12.6. The van der Waals surface area contributed by atoms with E-state index in [2.05, 4.69) is 0 Å². The lowest BCUT2D eigenvalue weighted by Crippen LogP contribution is -2.25. The van der Waals surface area contributed by atoms with Crippen LogP contribution in [0.3, 0.4) is 0 Å². The van der Waals surface area contributed by atoms with Gasteiger partial charge in [-0.15, -0.1) is 0 Å². The quantitative estimate of drug-likeness (QED) is 0.646. The van der Waals surface area contributed by atoms with Crippen LogP contribution in [0.5, 0.6) is 0 Å². The average Bonchev–Trinajstić information content (AvgIpc) is 2.38. The van der Waals surface area contributed by atoms with E-state index in [1.54, 1.807) is 11.8 Å². The monoisotopic (exact) mass is 292 g/mol. The van der Waals surface area contributed by atoms with Crippen LogP contribution < -0.4 is 4.90 Å². The van der Waals surface area contributed by atoms with Crippen molar-refractivity contribution >= 4 is 11.4 Å². The fourth-order valence-electron chi connectivity index (χ4n) is 1.82. The summed E-state index contributed by atoms with van der Waals surface area (Å²) in [7, 11) is 0. The smallest absolute Gasteiger partial charge is 0.396 e. The number of hydrogen-bond acceptors (Lipinski definition) is 4. The molecule has 0 atom stereocenters. The second-order valence-electron chi connectivity index (χ2n) is 4.12. The summed E-state index contributed by atoms with van der Waals surface area (Å²) in [5.74, 6) is 0. The molecule has 0 heterocycles. The first-order valence-corrected chi connectivity index (χ1v) is 6.02. The average molecular weight is 292 g/mol. The van der Waals surface area contributed by atoms with Crippen molar-refractivity contribution in [3.05, 3.63) is 33.9 Å². The fraction of sp³-hybridized carbons (Fsp3) is 0.500. The molecule has 1 aromatic carbocycles. The summed E-state index contributed by atoms with van der Waals surface area (Å²) in [6.07, 6.45) is -4.24. The van der Waals surface area contributed by atoms with E-state index in [9.17, 15) is 23.3 Å². The Labute approximate surface area is 113 Å². The van der Waals surface area contributed by atoms with Crippen molar-refractivity contribution in [1.82, 2.24) is 0 Å². The number of anilines is 1. The predicted molar refractivity (Wildman–Crippen MR) is 67.7 cm³/mol. The molecule has 1 rings (SSSR count).